The summed E-state index contributed by atoms with van der Waals surface area (Å²) in [4.78, 5) is 0. The summed E-state index contributed by atoms with van der Waals surface area (Å²) in [5.41, 5.74) is 0. The molecule has 0 aromatic carbocycles. The molecule has 0 amide bonds. The fourth-order valence-corrected chi connectivity index (χ4v) is 0. The van der Waals surface area contributed by atoms with Crippen LogP contribution < -0.4 is 0 Å². The number of hydrogen-bond donors (Lipinski definition) is 6. The van der Waals surface area contributed by atoms with E-state index >= 15 is 0 Å². The number of hydrogen-bond acceptors (Lipinski definition) is 6. The molecule has 0 spiro atoms. The third kappa shape index (κ3) is 860. The van der Waals surface area contributed by atoms with Crippen molar-refractivity contribution in [3.05, 3.63) is 0 Å². The molecule has 0 unspecified atom stereocenters. The zero-order valence-electron chi connectivity index (χ0n) is 7.77. The van der Waals surface area contributed by atoms with Crippen LogP contribution >= 0.6 is 0 Å². The predicted octanol–water partition coefficient (Wildman–Crippen LogP) is -4.98. The van der Waals surface area contributed by atoms with E-state index in [0.717, 1.165) is 0 Å². The molecule has 2 radical (unpaired) electrons. The third-order valence-corrected chi connectivity index (χ3v) is 0. The molecule has 0 aliphatic carbocycles. The van der Waals surface area contributed by atoms with Crippen molar-refractivity contribution >= 4 is 27.3 Å². The standard InChI is InChI=1S/2Fe.6H2O.6O.Pb.3W.2H/h;;6*1H2;;;;;;;;;;;;/q;;;;;;;;;;;;;;;3*+2;;/p-6. The maximum absolute atomic E-state index is 8.87. The molecule has 18 heavy (non-hydrogen) atoms. The van der Waals surface area contributed by atoms with Gasteiger partial charge in [0.2, 0.25) is 0 Å². The van der Waals surface area contributed by atoms with E-state index in [1.165, 1.54) is 0 Å². The minimum absolute atomic E-state index is 0. The van der Waals surface area contributed by atoms with Gasteiger partial charge in [-0.15, -0.1) is 0 Å². The Bertz CT molecular complexity index is 346. The zero-order chi connectivity index (χ0) is 13.5. The van der Waals surface area contributed by atoms with Crippen LogP contribution in [0.3, 0.4) is 0 Å². The number of rotatable bonds is 0. The van der Waals surface area contributed by atoms with Gasteiger partial charge in [0, 0.05) is 34.1 Å². The second-order valence-electron chi connectivity index (χ2n) is 1.34. The second-order valence-corrected chi connectivity index (χ2v) is 11.0. The molecule has 18 heteroatoms. The summed E-state index contributed by atoms with van der Waals surface area (Å²) in [6.07, 6.45) is 0. The minimum atomic E-state index is -5.67. The van der Waals surface area contributed by atoms with Gasteiger partial charge < -0.3 is 0 Å². The van der Waals surface area contributed by atoms with Crippen LogP contribution in [0.5, 0.6) is 0 Å². The summed E-state index contributed by atoms with van der Waals surface area (Å²) in [6.45, 7) is 0. The van der Waals surface area contributed by atoms with Crippen molar-refractivity contribution < 1.29 is 127 Å². The molecule has 0 aliphatic heterocycles. The van der Waals surface area contributed by atoms with Gasteiger partial charge in [0.15, 0.2) is 0 Å². The molecule has 0 saturated heterocycles. The average Bonchev–Trinajstić information content (AvgIpc) is 1.41. The summed E-state index contributed by atoms with van der Waals surface area (Å²) in [6, 6.07) is 0. The first-order valence-electron chi connectivity index (χ1n) is 2.10. The van der Waals surface area contributed by atoms with E-state index in [-0.39, 0.29) is 61.4 Å². The maximum atomic E-state index is 8.87. The summed E-state index contributed by atoms with van der Waals surface area (Å²) in [7, 11) is 0. The molecule has 12 nitrogen and oxygen atoms in total. The van der Waals surface area contributed by atoms with E-state index in [1.807, 2.05) is 0 Å². The van der Waals surface area contributed by atoms with Crippen LogP contribution in [0.4, 0.5) is 0 Å². The summed E-state index contributed by atoms with van der Waals surface area (Å²) < 4.78 is 96.3. The first-order chi connectivity index (χ1) is 6.00. The molecule has 118 valence electrons. The van der Waals surface area contributed by atoms with Crippen molar-refractivity contribution in [1.82, 2.24) is 0 Å². The van der Waals surface area contributed by atoms with Gasteiger partial charge in [-0.25, -0.2) is 0 Å². The van der Waals surface area contributed by atoms with Crippen LogP contribution in [0.1, 0.15) is 0 Å². The van der Waals surface area contributed by atoms with Crippen molar-refractivity contribution in [2.75, 3.05) is 0 Å². The second kappa shape index (κ2) is 16.0. The van der Waals surface area contributed by atoms with Gasteiger partial charge in [-0.05, 0) is 0 Å². The van der Waals surface area contributed by atoms with Gasteiger partial charge in [0.05, 0.1) is 0 Å². The third-order valence-electron chi connectivity index (χ3n) is 0. The van der Waals surface area contributed by atoms with Gasteiger partial charge >= 0.3 is 120 Å². The first kappa shape index (κ1) is 37.1. The predicted molar refractivity (Wildman–Crippen MR) is 26.0 cm³/mol. The molecule has 0 bridgehead atoms. The first-order valence-corrected chi connectivity index (χ1v) is 17.2. The monoisotopic (exact) mass is 1070 g/mol. The van der Waals surface area contributed by atoms with E-state index in [0.29, 0.717) is 0 Å². The van der Waals surface area contributed by atoms with E-state index in [4.69, 9.17) is 42.9 Å². The summed E-state index contributed by atoms with van der Waals surface area (Å²) in [5.74, 6) is 0. The van der Waals surface area contributed by atoms with Crippen molar-refractivity contribution in [1.29, 1.82) is 0 Å². The fraction of sp³-hybridized carbons (Fsp3) is 0. The molecule has 6 N–H and O–H groups in total. The molecule has 0 heterocycles. The van der Waals surface area contributed by atoms with E-state index in [2.05, 4.69) is 0 Å². The van der Waals surface area contributed by atoms with Gasteiger partial charge in [-0.1, -0.05) is 0 Å². The van der Waals surface area contributed by atoms with Crippen LogP contribution in [-0.4, -0.2) is 49.9 Å². The summed E-state index contributed by atoms with van der Waals surface area (Å²) in [5, 5.41) is 0. The Morgan fingerprint density at radius 2 is 0.444 bits per heavy atom. The molecular weight excluding hydrogens is 1060 g/mol. The van der Waals surface area contributed by atoms with Crippen LogP contribution in [-0.2, 0) is 105 Å². The van der Waals surface area contributed by atoms with Crippen LogP contribution in [0.25, 0.3) is 0 Å². The molecule has 0 aliphatic rings. The van der Waals surface area contributed by atoms with Crippen LogP contribution in [0, 0.1) is 0 Å². The Morgan fingerprint density at radius 1 is 0.444 bits per heavy atom. The molecule has 0 rings (SSSR count). The Kier molecular flexibility index (Phi) is 32.9. The quantitative estimate of drug-likeness (QED) is 0.126. The fourth-order valence-electron chi connectivity index (χ4n) is 0. The van der Waals surface area contributed by atoms with Gasteiger partial charge in [0.1, 0.15) is 0 Å². The van der Waals surface area contributed by atoms with Gasteiger partial charge in [-0.3, -0.25) is 0 Å². The van der Waals surface area contributed by atoms with E-state index < -0.39 is 50.2 Å². The Labute approximate surface area is 152 Å². The van der Waals surface area contributed by atoms with Gasteiger partial charge in [0.25, 0.3) is 0 Å². The molecule has 0 saturated carbocycles. The SMILES string of the molecule is [Fe].[Fe].[O]=[W](=[O])([OH])[OH].[O]=[W](=[O])([OH])[OH].[O]=[W](=[O])([OH])[OH].[PbH2]. The molecular formula is H8Fe2O12PbW3. The van der Waals surface area contributed by atoms with Crippen molar-refractivity contribution in [2.24, 2.45) is 0 Å². The summed E-state index contributed by atoms with van der Waals surface area (Å²) >= 11 is -17.0. The average molecular weight is 1070 g/mol. The molecule has 0 atom stereocenters. The van der Waals surface area contributed by atoms with Crippen molar-refractivity contribution in [3.63, 3.8) is 0 Å². The van der Waals surface area contributed by atoms with Gasteiger partial charge in [-0.2, -0.15) is 0 Å². The Morgan fingerprint density at radius 3 is 0.444 bits per heavy atom. The Hall–Kier alpha value is 2.59. The van der Waals surface area contributed by atoms with Crippen molar-refractivity contribution in [3.8, 4) is 0 Å². The molecule has 0 aromatic rings. The normalized spacial score (nSPS) is 9.67. The van der Waals surface area contributed by atoms with E-state index in [9.17, 15) is 0 Å². The van der Waals surface area contributed by atoms with Crippen LogP contribution in [0.2, 0.25) is 0 Å². The Balaban J connectivity index is -0.0000000277. The molecule has 0 aromatic heterocycles. The zero-order valence-corrected chi connectivity index (χ0v) is 24.3. The van der Waals surface area contributed by atoms with Crippen LogP contribution in [0.15, 0.2) is 0 Å². The molecule has 0 fully saturated rings. The van der Waals surface area contributed by atoms with Crippen molar-refractivity contribution in [2.45, 2.75) is 0 Å². The topological polar surface area (TPSA) is 224 Å². The van der Waals surface area contributed by atoms with E-state index in [1.54, 1.807) is 0 Å².